The minimum absolute atomic E-state index is 0. The van der Waals surface area contributed by atoms with Gasteiger partial charge in [-0.25, -0.2) is 0 Å². The van der Waals surface area contributed by atoms with Crippen LogP contribution < -0.4 is 15.4 Å². The number of halogens is 4. The van der Waals surface area contributed by atoms with Crippen molar-refractivity contribution >= 4 is 29.9 Å². The molecule has 2 unspecified atom stereocenters. The standard InChI is InChI=1S/C17H26F3N3O2.HI/c1-4-12(3)23-16(21-5-2)22-10-14(24)11-25-15-8-6-13(7-9-15)17(18,19)20;/h6-9,12,14,24H,4-5,10-11H2,1-3H3,(H2,21,22,23);1H. The second-order valence-electron chi connectivity index (χ2n) is 5.66. The monoisotopic (exact) mass is 489 g/mol. The Kier molecular flexibility index (Phi) is 11.6. The Hall–Kier alpha value is -1.23. The van der Waals surface area contributed by atoms with Crippen LogP contribution in [-0.2, 0) is 6.18 Å². The van der Waals surface area contributed by atoms with E-state index in [-0.39, 0.29) is 48.9 Å². The van der Waals surface area contributed by atoms with Gasteiger partial charge in [-0.1, -0.05) is 6.92 Å². The highest BCUT2D eigenvalue weighted by Gasteiger charge is 2.30. The molecule has 0 radical (unpaired) electrons. The Bertz CT molecular complexity index is 539. The van der Waals surface area contributed by atoms with Crippen LogP contribution in [0.3, 0.4) is 0 Å². The van der Waals surface area contributed by atoms with Crippen molar-refractivity contribution in [3.63, 3.8) is 0 Å². The molecule has 26 heavy (non-hydrogen) atoms. The van der Waals surface area contributed by atoms with Gasteiger partial charge in [-0.15, -0.1) is 24.0 Å². The van der Waals surface area contributed by atoms with E-state index in [1.165, 1.54) is 12.1 Å². The SMILES string of the molecule is CCNC(=NCC(O)COc1ccc(C(F)(F)F)cc1)NC(C)CC.I. The van der Waals surface area contributed by atoms with Crippen LogP contribution in [0.1, 0.15) is 32.8 Å². The van der Waals surface area contributed by atoms with Crippen LogP contribution in [-0.4, -0.2) is 42.9 Å². The number of guanidine groups is 1. The number of alkyl halides is 3. The van der Waals surface area contributed by atoms with Crippen LogP contribution in [0.4, 0.5) is 13.2 Å². The normalized spacial score (nSPS) is 14.2. The zero-order valence-electron chi connectivity index (χ0n) is 15.1. The van der Waals surface area contributed by atoms with Crippen molar-refractivity contribution in [2.45, 2.75) is 45.5 Å². The first-order valence-corrected chi connectivity index (χ1v) is 8.29. The predicted octanol–water partition coefficient (Wildman–Crippen LogP) is 3.42. The minimum Gasteiger partial charge on any atom is -0.491 e. The topological polar surface area (TPSA) is 65.9 Å². The zero-order chi connectivity index (χ0) is 18.9. The molecule has 0 heterocycles. The third-order valence-corrected chi connectivity index (χ3v) is 3.42. The third-order valence-electron chi connectivity index (χ3n) is 3.42. The largest absolute Gasteiger partial charge is 0.491 e. The molecule has 0 saturated heterocycles. The number of aliphatic hydroxyl groups excluding tert-OH is 1. The highest BCUT2D eigenvalue weighted by atomic mass is 127. The van der Waals surface area contributed by atoms with Gasteiger partial charge in [0.2, 0.25) is 0 Å². The van der Waals surface area contributed by atoms with Crippen LogP contribution in [0.25, 0.3) is 0 Å². The maximum Gasteiger partial charge on any atom is 0.416 e. The summed E-state index contributed by atoms with van der Waals surface area (Å²) in [5, 5.41) is 16.2. The fraction of sp³-hybridized carbons (Fsp3) is 0.588. The lowest BCUT2D eigenvalue weighted by Crippen LogP contribution is -2.42. The Morgan fingerprint density at radius 3 is 2.35 bits per heavy atom. The van der Waals surface area contributed by atoms with Crippen molar-refractivity contribution in [1.29, 1.82) is 0 Å². The van der Waals surface area contributed by atoms with Gasteiger partial charge < -0.3 is 20.5 Å². The van der Waals surface area contributed by atoms with Gasteiger partial charge in [-0.3, -0.25) is 4.99 Å². The summed E-state index contributed by atoms with van der Waals surface area (Å²) in [6.45, 7) is 6.77. The molecule has 0 fully saturated rings. The highest BCUT2D eigenvalue weighted by Crippen LogP contribution is 2.30. The Morgan fingerprint density at radius 2 is 1.85 bits per heavy atom. The van der Waals surface area contributed by atoms with Gasteiger partial charge in [0.05, 0.1) is 12.1 Å². The van der Waals surface area contributed by atoms with Gasteiger partial charge in [0.1, 0.15) is 18.5 Å². The van der Waals surface area contributed by atoms with Crippen molar-refractivity contribution in [3.05, 3.63) is 29.8 Å². The average molecular weight is 489 g/mol. The summed E-state index contributed by atoms with van der Waals surface area (Å²) in [4.78, 5) is 4.28. The maximum atomic E-state index is 12.5. The van der Waals surface area contributed by atoms with Gasteiger partial charge in [0, 0.05) is 12.6 Å². The lowest BCUT2D eigenvalue weighted by molar-refractivity contribution is -0.137. The molecule has 0 aliphatic carbocycles. The molecule has 0 aliphatic heterocycles. The summed E-state index contributed by atoms with van der Waals surface area (Å²) in [6, 6.07) is 4.59. The maximum absolute atomic E-state index is 12.5. The van der Waals surface area contributed by atoms with Crippen molar-refractivity contribution in [1.82, 2.24) is 10.6 Å². The number of ether oxygens (including phenoxy) is 1. The first-order chi connectivity index (χ1) is 11.8. The second-order valence-corrected chi connectivity index (χ2v) is 5.66. The van der Waals surface area contributed by atoms with Crippen molar-refractivity contribution in [2.75, 3.05) is 19.7 Å². The minimum atomic E-state index is -4.38. The number of rotatable bonds is 8. The summed E-state index contributed by atoms with van der Waals surface area (Å²) in [5.41, 5.74) is -0.739. The summed E-state index contributed by atoms with van der Waals surface area (Å²) < 4.78 is 42.7. The van der Waals surface area contributed by atoms with Crippen molar-refractivity contribution in [3.8, 4) is 5.75 Å². The quantitative estimate of drug-likeness (QED) is 0.298. The van der Waals surface area contributed by atoms with E-state index in [4.69, 9.17) is 4.74 Å². The number of benzene rings is 1. The lowest BCUT2D eigenvalue weighted by atomic mass is 10.2. The summed E-state index contributed by atoms with van der Waals surface area (Å²) in [7, 11) is 0. The molecule has 9 heteroatoms. The summed E-state index contributed by atoms with van der Waals surface area (Å²) >= 11 is 0. The Labute approximate surface area is 169 Å². The number of nitrogens with zero attached hydrogens (tertiary/aromatic N) is 1. The average Bonchev–Trinajstić information content (AvgIpc) is 2.57. The smallest absolute Gasteiger partial charge is 0.416 e. The number of aliphatic imine (C=N–C) groups is 1. The van der Waals surface area contributed by atoms with Gasteiger partial charge in [-0.2, -0.15) is 13.2 Å². The van der Waals surface area contributed by atoms with E-state index in [2.05, 4.69) is 15.6 Å². The van der Waals surface area contributed by atoms with Gasteiger partial charge in [-0.05, 0) is 44.5 Å². The van der Waals surface area contributed by atoms with E-state index in [1.807, 2.05) is 20.8 Å². The molecular weight excluding hydrogens is 462 g/mol. The van der Waals surface area contributed by atoms with Gasteiger partial charge >= 0.3 is 6.18 Å². The predicted molar refractivity (Wildman–Crippen MR) is 107 cm³/mol. The van der Waals surface area contributed by atoms with E-state index in [0.717, 1.165) is 18.6 Å². The zero-order valence-corrected chi connectivity index (χ0v) is 17.5. The fourth-order valence-electron chi connectivity index (χ4n) is 1.84. The Balaban J connectivity index is 0.00000625. The first kappa shape index (κ1) is 24.8. The van der Waals surface area contributed by atoms with Crippen LogP contribution in [0.5, 0.6) is 5.75 Å². The van der Waals surface area contributed by atoms with E-state index in [1.54, 1.807) is 0 Å². The van der Waals surface area contributed by atoms with Crippen molar-refractivity contribution < 1.29 is 23.0 Å². The van der Waals surface area contributed by atoms with Crippen LogP contribution in [0.2, 0.25) is 0 Å². The van der Waals surface area contributed by atoms with Gasteiger partial charge in [0.15, 0.2) is 5.96 Å². The van der Waals surface area contributed by atoms with E-state index >= 15 is 0 Å². The molecule has 1 rings (SSSR count). The molecule has 0 bridgehead atoms. The molecule has 0 spiro atoms. The Morgan fingerprint density at radius 1 is 1.23 bits per heavy atom. The first-order valence-electron chi connectivity index (χ1n) is 8.29. The fourth-order valence-corrected chi connectivity index (χ4v) is 1.84. The second kappa shape index (κ2) is 12.2. The van der Waals surface area contributed by atoms with Gasteiger partial charge in [0.25, 0.3) is 0 Å². The molecule has 150 valence electrons. The summed E-state index contributed by atoms with van der Waals surface area (Å²) in [5.74, 6) is 0.867. The van der Waals surface area contributed by atoms with Crippen molar-refractivity contribution in [2.24, 2.45) is 4.99 Å². The molecule has 0 aliphatic rings. The molecular formula is C17H27F3IN3O2. The van der Waals surface area contributed by atoms with Crippen LogP contribution >= 0.6 is 24.0 Å². The number of hydrogen-bond acceptors (Lipinski definition) is 3. The van der Waals surface area contributed by atoms with E-state index < -0.39 is 17.8 Å². The summed E-state index contributed by atoms with van der Waals surface area (Å²) in [6.07, 6.45) is -4.31. The number of nitrogens with one attached hydrogen (secondary N) is 2. The molecule has 3 N–H and O–H groups in total. The highest BCUT2D eigenvalue weighted by molar-refractivity contribution is 14.0. The van der Waals surface area contributed by atoms with Crippen LogP contribution in [0, 0.1) is 0 Å². The lowest BCUT2D eigenvalue weighted by Gasteiger charge is -2.17. The molecule has 0 aromatic heterocycles. The molecule has 0 saturated carbocycles. The molecule has 5 nitrogen and oxygen atoms in total. The molecule has 2 atom stereocenters. The number of aliphatic hydroxyl groups is 1. The molecule has 1 aromatic carbocycles. The number of hydrogen-bond donors (Lipinski definition) is 3. The van der Waals surface area contributed by atoms with E-state index in [0.29, 0.717) is 12.5 Å². The molecule has 1 aromatic rings. The van der Waals surface area contributed by atoms with Crippen LogP contribution in [0.15, 0.2) is 29.3 Å². The molecule has 0 amide bonds. The third kappa shape index (κ3) is 9.46. The van der Waals surface area contributed by atoms with E-state index in [9.17, 15) is 18.3 Å².